The molecule has 0 bridgehead atoms. The van der Waals surface area contributed by atoms with Crippen molar-refractivity contribution in [2.45, 2.75) is 13.5 Å². The lowest BCUT2D eigenvalue weighted by atomic mass is 10.2. The van der Waals surface area contributed by atoms with E-state index in [0.717, 1.165) is 11.3 Å². The van der Waals surface area contributed by atoms with Crippen LogP contribution >= 0.6 is 23.2 Å². The maximum atomic E-state index is 6.05. The van der Waals surface area contributed by atoms with Crippen LogP contribution in [0.25, 0.3) is 0 Å². The number of rotatable bonds is 3. The second-order valence-corrected chi connectivity index (χ2v) is 4.70. The molecule has 1 heterocycles. The summed E-state index contributed by atoms with van der Waals surface area (Å²) in [4.78, 5) is 4.12. The van der Waals surface area contributed by atoms with Gasteiger partial charge in [-0.1, -0.05) is 29.3 Å². The molecular weight excluding hydrogens is 271 g/mol. The van der Waals surface area contributed by atoms with Gasteiger partial charge in [0.05, 0.1) is 0 Å². The molecule has 0 saturated carbocycles. The van der Waals surface area contributed by atoms with Gasteiger partial charge in [0.1, 0.15) is 6.61 Å². The summed E-state index contributed by atoms with van der Waals surface area (Å²) in [6, 6.07) is 8.90. The number of hydrogen-bond acceptors (Lipinski definition) is 3. The Morgan fingerprint density at radius 3 is 2.67 bits per heavy atom. The highest BCUT2D eigenvalue weighted by Crippen LogP contribution is 2.24. The lowest BCUT2D eigenvalue weighted by Gasteiger charge is -2.10. The summed E-state index contributed by atoms with van der Waals surface area (Å²) in [6.45, 7) is 2.20. The van der Waals surface area contributed by atoms with Crippen molar-refractivity contribution in [2.75, 3.05) is 5.73 Å². The highest BCUT2D eigenvalue weighted by molar-refractivity contribution is 6.35. The number of aryl methyl sites for hydroxylation is 1. The molecule has 2 aromatic rings. The second-order valence-electron chi connectivity index (χ2n) is 3.86. The van der Waals surface area contributed by atoms with Crippen LogP contribution in [0.5, 0.6) is 5.75 Å². The van der Waals surface area contributed by atoms with Crippen LogP contribution in [-0.4, -0.2) is 4.98 Å². The number of aromatic nitrogens is 1. The molecule has 1 aromatic heterocycles. The molecule has 0 radical (unpaired) electrons. The summed E-state index contributed by atoms with van der Waals surface area (Å²) < 4.78 is 5.58. The van der Waals surface area contributed by atoms with Gasteiger partial charge in [-0.25, -0.2) is 4.98 Å². The van der Waals surface area contributed by atoms with Crippen LogP contribution in [0.2, 0.25) is 10.0 Å². The second kappa shape index (κ2) is 5.46. The molecule has 2 N–H and O–H groups in total. The van der Waals surface area contributed by atoms with E-state index in [1.165, 1.54) is 0 Å². The van der Waals surface area contributed by atoms with Gasteiger partial charge in [-0.2, -0.15) is 0 Å². The molecule has 0 aliphatic heterocycles. The van der Waals surface area contributed by atoms with Crippen LogP contribution in [0, 0.1) is 6.92 Å². The van der Waals surface area contributed by atoms with Crippen molar-refractivity contribution in [1.29, 1.82) is 0 Å². The van der Waals surface area contributed by atoms with E-state index in [2.05, 4.69) is 4.98 Å². The number of nitrogens with zero attached hydrogens (tertiary/aromatic N) is 1. The molecule has 0 spiro atoms. The first-order chi connectivity index (χ1) is 8.56. The summed E-state index contributed by atoms with van der Waals surface area (Å²) in [6.07, 6.45) is 0. The highest BCUT2D eigenvalue weighted by atomic mass is 35.5. The van der Waals surface area contributed by atoms with Crippen molar-refractivity contribution in [2.24, 2.45) is 0 Å². The molecule has 0 unspecified atom stereocenters. The van der Waals surface area contributed by atoms with E-state index in [1.54, 1.807) is 18.2 Å². The minimum absolute atomic E-state index is 0.324. The Hall–Kier alpha value is -1.45. The van der Waals surface area contributed by atoms with Gasteiger partial charge in [0.25, 0.3) is 0 Å². The van der Waals surface area contributed by atoms with Gasteiger partial charge in [0.15, 0.2) is 11.6 Å². The fourth-order valence-electron chi connectivity index (χ4n) is 1.48. The molecule has 0 aliphatic carbocycles. The average Bonchev–Trinajstić information content (AvgIpc) is 2.30. The van der Waals surface area contributed by atoms with E-state index in [1.807, 2.05) is 19.1 Å². The molecule has 0 atom stereocenters. The summed E-state index contributed by atoms with van der Waals surface area (Å²) in [5, 5.41) is 1.17. The molecule has 0 amide bonds. The lowest BCUT2D eigenvalue weighted by Crippen LogP contribution is -2.01. The molecular formula is C13H12Cl2N2O. The Labute approximate surface area is 115 Å². The zero-order valence-electron chi connectivity index (χ0n) is 9.78. The van der Waals surface area contributed by atoms with E-state index in [4.69, 9.17) is 33.7 Å². The first-order valence-electron chi connectivity index (χ1n) is 5.36. The molecule has 1 aromatic carbocycles. The van der Waals surface area contributed by atoms with E-state index < -0.39 is 0 Å². The minimum atomic E-state index is 0.324. The number of nitrogen functional groups attached to an aromatic ring is 1. The third-order valence-electron chi connectivity index (χ3n) is 2.42. The molecule has 0 aliphatic rings. The summed E-state index contributed by atoms with van der Waals surface area (Å²) in [5.74, 6) is 0.923. The molecule has 94 valence electrons. The quantitative estimate of drug-likeness (QED) is 0.930. The Morgan fingerprint density at radius 1 is 1.22 bits per heavy atom. The number of anilines is 1. The van der Waals surface area contributed by atoms with Crippen molar-refractivity contribution in [1.82, 2.24) is 4.98 Å². The molecule has 0 saturated heterocycles. The Bertz CT molecular complexity index is 521. The monoisotopic (exact) mass is 282 g/mol. The zero-order valence-corrected chi connectivity index (χ0v) is 11.3. The van der Waals surface area contributed by atoms with Gasteiger partial charge in [-0.15, -0.1) is 0 Å². The molecule has 3 nitrogen and oxygen atoms in total. The van der Waals surface area contributed by atoms with Crippen molar-refractivity contribution >= 4 is 29.0 Å². The van der Waals surface area contributed by atoms with Gasteiger partial charge in [0.2, 0.25) is 0 Å². The van der Waals surface area contributed by atoms with Gasteiger partial charge < -0.3 is 10.5 Å². The maximum Gasteiger partial charge on any atom is 0.166 e. The van der Waals surface area contributed by atoms with Crippen molar-refractivity contribution < 1.29 is 4.74 Å². The van der Waals surface area contributed by atoms with Gasteiger partial charge >= 0.3 is 0 Å². The van der Waals surface area contributed by atoms with Crippen LogP contribution in [0.1, 0.15) is 11.3 Å². The number of nitrogens with two attached hydrogens (primary N) is 1. The number of halogens is 2. The Kier molecular flexibility index (Phi) is 3.94. The fourth-order valence-corrected chi connectivity index (χ4v) is 1.94. The minimum Gasteiger partial charge on any atom is -0.485 e. The molecule has 18 heavy (non-hydrogen) atoms. The van der Waals surface area contributed by atoms with Crippen molar-refractivity contribution in [3.8, 4) is 5.75 Å². The number of ether oxygens (including phenoxy) is 1. The third-order valence-corrected chi connectivity index (χ3v) is 3.01. The SMILES string of the molecule is Cc1ccc(OCc2ccc(Cl)cc2Cl)c(N)n1. The Morgan fingerprint density at radius 2 is 2.00 bits per heavy atom. The summed E-state index contributed by atoms with van der Waals surface area (Å²) in [5.41, 5.74) is 7.46. The van der Waals surface area contributed by atoms with Crippen molar-refractivity contribution in [3.05, 3.63) is 51.6 Å². The standard InChI is InChI=1S/C13H12Cl2N2O/c1-8-2-5-12(13(16)17-8)18-7-9-3-4-10(14)6-11(9)15/h2-6H,7H2,1H3,(H2,16,17). The first kappa shape index (κ1) is 13.0. The lowest BCUT2D eigenvalue weighted by molar-refractivity contribution is 0.307. The highest BCUT2D eigenvalue weighted by Gasteiger charge is 2.05. The van der Waals surface area contributed by atoms with E-state index >= 15 is 0 Å². The van der Waals surface area contributed by atoms with E-state index in [9.17, 15) is 0 Å². The predicted octanol–water partition coefficient (Wildman–Crippen LogP) is 3.86. The smallest absolute Gasteiger partial charge is 0.166 e. The number of pyridine rings is 1. The molecule has 5 heteroatoms. The van der Waals surface area contributed by atoms with Gasteiger partial charge in [-0.3, -0.25) is 0 Å². The zero-order chi connectivity index (χ0) is 13.1. The number of hydrogen-bond donors (Lipinski definition) is 1. The molecule has 2 rings (SSSR count). The summed E-state index contributed by atoms with van der Waals surface area (Å²) >= 11 is 11.9. The van der Waals surface area contributed by atoms with Gasteiger partial charge in [-0.05, 0) is 31.2 Å². The van der Waals surface area contributed by atoms with Crippen molar-refractivity contribution in [3.63, 3.8) is 0 Å². The van der Waals surface area contributed by atoms with Crippen LogP contribution in [0.15, 0.2) is 30.3 Å². The Balaban J connectivity index is 2.11. The third kappa shape index (κ3) is 3.06. The number of benzene rings is 1. The largest absolute Gasteiger partial charge is 0.485 e. The average molecular weight is 283 g/mol. The van der Waals surface area contributed by atoms with E-state index in [-0.39, 0.29) is 0 Å². The normalized spacial score (nSPS) is 10.4. The van der Waals surface area contributed by atoms with E-state index in [0.29, 0.717) is 28.2 Å². The van der Waals surface area contributed by atoms with Crippen LogP contribution in [-0.2, 0) is 6.61 Å². The van der Waals surface area contributed by atoms with Crippen LogP contribution < -0.4 is 10.5 Å². The predicted molar refractivity (Wildman–Crippen MR) is 74.2 cm³/mol. The maximum absolute atomic E-state index is 6.05. The van der Waals surface area contributed by atoms with Gasteiger partial charge in [0, 0.05) is 21.3 Å². The van der Waals surface area contributed by atoms with Crippen LogP contribution in [0.4, 0.5) is 5.82 Å². The first-order valence-corrected chi connectivity index (χ1v) is 6.11. The topological polar surface area (TPSA) is 48.1 Å². The van der Waals surface area contributed by atoms with Crippen LogP contribution in [0.3, 0.4) is 0 Å². The molecule has 0 fully saturated rings. The fraction of sp³-hybridized carbons (Fsp3) is 0.154. The summed E-state index contributed by atoms with van der Waals surface area (Å²) in [7, 11) is 0.